The number of aliphatic hydroxyl groups is 3. The number of amides is 1. The molecule has 2 aromatic rings. The molecule has 2 aliphatic carbocycles. The first-order valence-corrected chi connectivity index (χ1v) is 21.6. The molecule has 3 aliphatic rings. The van der Waals surface area contributed by atoms with Crippen LogP contribution >= 0.6 is 0 Å². The molecule has 14 nitrogen and oxygen atoms in total. The van der Waals surface area contributed by atoms with E-state index in [9.17, 15) is 39.9 Å². The van der Waals surface area contributed by atoms with Crippen molar-refractivity contribution >= 4 is 23.2 Å². The van der Waals surface area contributed by atoms with E-state index < -0.39 is 95.8 Å². The number of aromatic hydroxyl groups is 2. The zero-order valence-electron chi connectivity index (χ0n) is 36.2. The Kier molecular flexibility index (Phi) is 17.9. The molecule has 0 spiro atoms. The number of phenolic OH excluding ortho intramolecular Hbond substituents is 2. The Morgan fingerprint density at radius 1 is 0.905 bits per heavy atom. The highest BCUT2D eigenvalue weighted by Crippen LogP contribution is 2.52. The Hall–Kier alpha value is -5.48. The highest BCUT2D eigenvalue weighted by Gasteiger charge is 2.49. The summed E-state index contributed by atoms with van der Waals surface area (Å²) in [6.45, 7) is 2.89. The molecule has 338 valence electrons. The molecule has 1 amide bonds. The van der Waals surface area contributed by atoms with Crippen molar-refractivity contribution in [2.45, 2.75) is 121 Å². The van der Waals surface area contributed by atoms with Crippen molar-refractivity contribution in [3.8, 4) is 17.2 Å². The van der Waals surface area contributed by atoms with Crippen LogP contribution in [0.4, 0.5) is 0 Å². The van der Waals surface area contributed by atoms with Crippen molar-refractivity contribution in [2.24, 2.45) is 10.8 Å². The number of methoxy groups -OCH3 is 1. The number of nitrogens with zero attached hydrogens (tertiary/aromatic N) is 1. The van der Waals surface area contributed by atoms with Crippen molar-refractivity contribution in [2.75, 3.05) is 13.7 Å². The minimum absolute atomic E-state index is 0.00319. The minimum atomic E-state index is -2.12. The number of phenols is 2. The molecule has 5 rings (SSSR count). The molecule has 0 radical (unpaired) electrons. The molecule has 2 aromatic carbocycles. The maximum atomic E-state index is 14.0. The molecule has 1 aliphatic heterocycles. The predicted molar refractivity (Wildman–Crippen MR) is 240 cm³/mol. The van der Waals surface area contributed by atoms with Crippen LogP contribution in [-0.2, 0) is 20.7 Å². The minimum Gasteiger partial charge on any atom is -0.507 e. The van der Waals surface area contributed by atoms with Gasteiger partial charge in [0.1, 0.15) is 22.8 Å². The lowest BCUT2D eigenvalue weighted by atomic mass is 9.71. The van der Waals surface area contributed by atoms with Gasteiger partial charge in [0, 0.05) is 48.4 Å². The highest BCUT2D eigenvalue weighted by molar-refractivity contribution is 6.31. The second kappa shape index (κ2) is 23.3. The fourth-order valence-electron chi connectivity index (χ4n) is 7.94. The summed E-state index contributed by atoms with van der Waals surface area (Å²) in [5, 5.41) is 60.9. The molecule has 0 saturated carbocycles. The van der Waals surface area contributed by atoms with Gasteiger partial charge in [0.15, 0.2) is 12.1 Å². The molecule has 0 bridgehead atoms. The van der Waals surface area contributed by atoms with Gasteiger partial charge in [-0.3, -0.25) is 14.4 Å². The third-order valence-corrected chi connectivity index (χ3v) is 11.3. The van der Waals surface area contributed by atoms with E-state index in [-0.39, 0.29) is 46.6 Å². The lowest BCUT2D eigenvalue weighted by Gasteiger charge is -2.43. The zero-order chi connectivity index (χ0) is 45.5. The van der Waals surface area contributed by atoms with E-state index >= 15 is 0 Å². The third-order valence-electron chi connectivity index (χ3n) is 11.3. The molecule has 1 saturated heterocycles. The first-order chi connectivity index (χ1) is 30.4. The molecule has 6 atom stereocenters. The number of carbonyl (C=O) groups is 3. The Morgan fingerprint density at radius 2 is 1.49 bits per heavy atom. The van der Waals surface area contributed by atoms with Crippen LogP contribution in [0.15, 0.2) is 96.2 Å². The fraction of sp³-hybridized carbons (Fsp3) is 0.429. The van der Waals surface area contributed by atoms with Crippen molar-refractivity contribution < 1.29 is 54.1 Å². The van der Waals surface area contributed by atoms with Crippen LogP contribution in [0.5, 0.6) is 17.2 Å². The fourth-order valence-corrected chi connectivity index (χ4v) is 7.94. The molecule has 8 N–H and O–H groups in total. The first kappa shape index (κ1) is 48.6. The number of allylic oxidation sites excluding steroid dienone is 12. The SMILES string of the molecule is CC/C=C\C/C=C\C/C=C\C/C=C\C/C=C\C/C=C\CCC(=O)N/N=C(\CO)[C@]1(O)Cc2c(O)c3c(c(O)c2[C@@H](O[C@H]2C[C@H](N)[C@H](O)[C@H](C)O2)C1)C(=O)c1c(OC)cccc1C3=O. The van der Waals surface area contributed by atoms with Crippen LogP contribution in [-0.4, -0.2) is 92.6 Å². The number of nitrogens with one attached hydrogen (secondary N) is 1. The van der Waals surface area contributed by atoms with Gasteiger partial charge in [-0.1, -0.05) is 92.0 Å². The summed E-state index contributed by atoms with van der Waals surface area (Å²) in [7, 11) is 1.33. The topological polar surface area (TPSA) is 230 Å². The first-order valence-electron chi connectivity index (χ1n) is 21.6. The van der Waals surface area contributed by atoms with E-state index in [1.54, 1.807) is 6.92 Å². The molecular formula is C49H61N3O11. The molecule has 0 aromatic heterocycles. The normalized spacial score (nSPS) is 24.0. The number of benzene rings is 2. The van der Waals surface area contributed by atoms with Gasteiger partial charge in [-0.15, -0.1) is 0 Å². The van der Waals surface area contributed by atoms with Gasteiger partial charge in [0.2, 0.25) is 11.7 Å². The van der Waals surface area contributed by atoms with Crippen molar-refractivity contribution in [1.82, 2.24) is 5.43 Å². The molecular weight excluding hydrogens is 807 g/mol. The van der Waals surface area contributed by atoms with Gasteiger partial charge in [0.05, 0.1) is 54.4 Å². The molecule has 63 heavy (non-hydrogen) atoms. The zero-order valence-corrected chi connectivity index (χ0v) is 36.2. The number of hydrazone groups is 1. The lowest BCUT2D eigenvalue weighted by Crippen LogP contribution is -2.53. The van der Waals surface area contributed by atoms with E-state index in [1.807, 2.05) is 18.2 Å². The lowest BCUT2D eigenvalue weighted by molar-refractivity contribution is -0.245. The number of hydrogen-bond donors (Lipinski definition) is 7. The van der Waals surface area contributed by atoms with E-state index in [4.69, 9.17) is 19.9 Å². The van der Waals surface area contributed by atoms with Crippen LogP contribution < -0.4 is 15.9 Å². The number of hydrogen-bond acceptors (Lipinski definition) is 13. The molecule has 1 heterocycles. The van der Waals surface area contributed by atoms with Gasteiger partial charge in [0.25, 0.3) is 0 Å². The van der Waals surface area contributed by atoms with Gasteiger partial charge in [-0.2, -0.15) is 5.10 Å². The average Bonchev–Trinajstić information content (AvgIpc) is 3.26. The number of fused-ring (bicyclic) bond motifs is 3. The maximum Gasteiger partial charge on any atom is 0.240 e. The van der Waals surface area contributed by atoms with Gasteiger partial charge >= 0.3 is 0 Å². The molecule has 1 fully saturated rings. The van der Waals surface area contributed by atoms with E-state index in [2.05, 4.69) is 72.1 Å². The number of ketones is 2. The van der Waals surface area contributed by atoms with Gasteiger partial charge in [-0.05, 0) is 57.9 Å². The highest BCUT2D eigenvalue weighted by atomic mass is 16.7. The number of nitrogens with two attached hydrogens (primary N) is 1. The van der Waals surface area contributed by atoms with Crippen LogP contribution in [0.3, 0.4) is 0 Å². The summed E-state index contributed by atoms with van der Waals surface area (Å²) < 4.78 is 17.5. The maximum absolute atomic E-state index is 14.0. The van der Waals surface area contributed by atoms with E-state index in [0.29, 0.717) is 12.8 Å². The molecule has 14 heteroatoms. The summed E-state index contributed by atoms with van der Waals surface area (Å²) in [5.41, 5.74) is 4.83. The Balaban J connectivity index is 1.24. The van der Waals surface area contributed by atoms with Crippen molar-refractivity contribution in [1.29, 1.82) is 0 Å². The second-order valence-electron chi connectivity index (χ2n) is 15.8. The monoisotopic (exact) mass is 867 g/mol. The second-order valence-corrected chi connectivity index (χ2v) is 15.8. The largest absolute Gasteiger partial charge is 0.507 e. The van der Waals surface area contributed by atoms with Crippen molar-refractivity contribution in [3.05, 3.63) is 124 Å². The summed E-state index contributed by atoms with van der Waals surface area (Å²) in [4.78, 5) is 40.8. The van der Waals surface area contributed by atoms with Gasteiger partial charge in [-0.25, -0.2) is 5.43 Å². The average molecular weight is 868 g/mol. The Labute approximate surface area is 368 Å². The Morgan fingerprint density at radius 3 is 2.06 bits per heavy atom. The number of carbonyl (C=O) groups excluding carboxylic acids is 3. The predicted octanol–water partition coefficient (Wildman–Crippen LogP) is 6.38. The smallest absolute Gasteiger partial charge is 0.240 e. The summed E-state index contributed by atoms with van der Waals surface area (Å²) in [5.74, 6) is -3.27. The number of rotatable bonds is 20. The quantitative estimate of drug-likeness (QED) is 0.0284. The number of ether oxygens (including phenoxy) is 3. The van der Waals surface area contributed by atoms with Crippen LogP contribution in [0.2, 0.25) is 0 Å². The summed E-state index contributed by atoms with van der Waals surface area (Å²) in [6, 6.07) is 3.66. The molecule has 0 unspecified atom stereocenters. The van der Waals surface area contributed by atoms with Crippen LogP contribution in [0, 0.1) is 0 Å². The van der Waals surface area contributed by atoms with Crippen LogP contribution in [0.25, 0.3) is 0 Å². The van der Waals surface area contributed by atoms with Crippen molar-refractivity contribution in [3.63, 3.8) is 0 Å². The van der Waals surface area contributed by atoms with Gasteiger partial charge < -0.3 is 45.5 Å². The standard InChI is InChI=1S/C49H61N3O11/c1-4-5-6-7-8-9-10-11-12-13-14-15-16-17-18-19-20-21-22-26-38(54)52-51-37(30-53)49(60)28-33-41(36(29-49)63-39-27-34(50)44(55)31(2)62-39)48(59)43-42(46(33)57)45(56)32-24-23-25-35(61-3)40(32)47(43)58/h5-6,8-9,11-12,14-15,17-18,20-21,23-25,31,34,36,39,44,53,55,57,59-60H,4,7,10,13,16,19,22,26-30,50H2,1-3H3,(H,52,54)/b6-5-,9-8-,12-11-,15-14-,18-17-,21-20-,51-37+/t31-,34-,36-,39-,44+,49-/m0/s1. The van der Waals surface area contributed by atoms with E-state index in [1.165, 1.54) is 25.3 Å². The summed E-state index contributed by atoms with van der Waals surface area (Å²) >= 11 is 0. The summed E-state index contributed by atoms with van der Waals surface area (Å²) in [6.07, 6.45) is 25.9. The van der Waals surface area contributed by atoms with Crippen LogP contribution in [0.1, 0.15) is 127 Å². The Bertz CT molecular complexity index is 2160. The number of aliphatic hydroxyl groups excluding tert-OH is 2. The van der Waals surface area contributed by atoms with E-state index in [0.717, 1.165) is 32.1 Å². The third kappa shape index (κ3) is 12.0.